The predicted octanol–water partition coefficient (Wildman–Crippen LogP) is 0.841. The fourth-order valence-corrected chi connectivity index (χ4v) is 0.799. The predicted molar refractivity (Wildman–Crippen MR) is 46.3 cm³/mol. The van der Waals surface area contributed by atoms with Gasteiger partial charge in [0.25, 0.3) is 0 Å². The van der Waals surface area contributed by atoms with Crippen molar-refractivity contribution < 1.29 is 0 Å². The Kier molecular flexibility index (Phi) is 6.98. The van der Waals surface area contributed by atoms with Crippen LogP contribution in [0.3, 0.4) is 0 Å². The van der Waals surface area contributed by atoms with Gasteiger partial charge in [-0.1, -0.05) is 13.8 Å². The zero-order valence-electron chi connectivity index (χ0n) is 7.41. The first-order chi connectivity index (χ1) is 4.81. The molecule has 1 aliphatic heterocycles. The molecule has 2 heteroatoms. The Bertz CT molecular complexity index is 56.3. The van der Waals surface area contributed by atoms with Crippen LogP contribution in [0.4, 0.5) is 0 Å². The fourth-order valence-electron chi connectivity index (χ4n) is 0.799. The van der Waals surface area contributed by atoms with Crippen molar-refractivity contribution in [3.8, 4) is 0 Å². The van der Waals surface area contributed by atoms with E-state index >= 15 is 0 Å². The van der Waals surface area contributed by atoms with Crippen molar-refractivity contribution in [2.45, 2.75) is 20.3 Å². The quantitative estimate of drug-likeness (QED) is 0.570. The van der Waals surface area contributed by atoms with Gasteiger partial charge in [-0.15, -0.1) is 0 Å². The lowest BCUT2D eigenvalue weighted by molar-refractivity contribution is 0.651. The molecule has 10 heavy (non-hydrogen) atoms. The lowest BCUT2D eigenvalue weighted by Crippen LogP contribution is -2.06. The Hall–Kier alpha value is -0.0800. The van der Waals surface area contributed by atoms with Crippen molar-refractivity contribution in [3.63, 3.8) is 0 Å². The largest absolute Gasteiger partial charge is 0.320 e. The average Bonchev–Trinajstić information content (AvgIpc) is 2.40. The van der Waals surface area contributed by atoms with Crippen LogP contribution in [0, 0.1) is 5.92 Å². The Balaban J connectivity index is 0.000000180. The lowest BCUT2D eigenvalue weighted by atomic mass is 10.2. The molecule has 1 aliphatic rings. The van der Waals surface area contributed by atoms with E-state index < -0.39 is 0 Å². The molecule has 1 unspecified atom stereocenters. The second kappa shape index (κ2) is 7.03. The van der Waals surface area contributed by atoms with Crippen LogP contribution >= 0.6 is 0 Å². The van der Waals surface area contributed by atoms with Crippen LogP contribution in [0.15, 0.2) is 0 Å². The van der Waals surface area contributed by atoms with Crippen LogP contribution < -0.4 is 10.6 Å². The Morgan fingerprint density at radius 2 is 2.20 bits per heavy atom. The lowest BCUT2D eigenvalue weighted by Gasteiger charge is -1.90. The Morgan fingerprint density at radius 3 is 2.30 bits per heavy atom. The summed E-state index contributed by atoms with van der Waals surface area (Å²) in [5.74, 6) is 0.935. The fraction of sp³-hybridized carbons (Fsp3) is 1.00. The molecule has 1 heterocycles. The van der Waals surface area contributed by atoms with E-state index in [0.717, 1.165) is 12.5 Å². The third kappa shape index (κ3) is 6.05. The normalized spacial score (nSPS) is 23.7. The summed E-state index contributed by atoms with van der Waals surface area (Å²) in [6.07, 6.45) is 1.38. The van der Waals surface area contributed by atoms with E-state index in [2.05, 4.69) is 24.5 Å². The minimum absolute atomic E-state index is 0.935. The van der Waals surface area contributed by atoms with Gasteiger partial charge in [-0.25, -0.2) is 0 Å². The van der Waals surface area contributed by atoms with Crippen molar-refractivity contribution in [3.05, 3.63) is 0 Å². The molecule has 2 N–H and O–H groups in total. The van der Waals surface area contributed by atoms with E-state index in [1.165, 1.54) is 19.5 Å². The number of hydrogen-bond acceptors (Lipinski definition) is 2. The molecular weight excluding hydrogens is 124 g/mol. The third-order valence-corrected chi connectivity index (χ3v) is 1.66. The molecule has 2 nitrogen and oxygen atoms in total. The molecule has 0 aromatic heterocycles. The number of nitrogens with one attached hydrogen (secondary N) is 2. The van der Waals surface area contributed by atoms with Gasteiger partial charge < -0.3 is 10.6 Å². The molecule has 0 bridgehead atoms. The second-order valence-electron chi connectivity index (χ2n) is 2.81. The topological polar surface area (TPSA) is 24.1 Å². The molecule has 0 aromatic rings. The molecule has 0 saturated carbocycles. The molecular formula is C8H20N2. The van der Waals surface area contributed by atoms with E-state index in [9.17, 15) is 0 Å². The summed E-state index contributed by atoms with van der Waals surface area (Å²) in [5, 5.41) is 6.20. The van der Waals surface area contributed by atoms with Crippen LogP contribution in [0.5, 0.6) is 0 Å². The molecule has 1 atom stereocenters. The molecule has 62 valence electrons. The van der Waals surface area contributed by atoms with Crippen molar-refractivity contribution >= 4 is 0 Å². The van der Waals surface area contributed by atoms with Crippen LogP contribution in [-0.4, -0.2) is 26.7 Å². The van der Waals surface area contributed by atoms with Gasteiger partial charge in [0, 0.05) is 0 Å². The summed E-state index contributed by atoms with van der Waals surface area (Å²) in [6, 6.07) is 0. The minimum atomic E-state index is 0.935. The second-order valence-corrected chi connectivity index (χ2v) is 2.81. The average molecular weight is 144 g/mol. The SMILES string of the molecule is CC1CCNC1.CCNC. The van der Waals surface area contributed by atoms with Gasteiger partial charge in [-0.3, -0.25) is 0 Å². The van der Waals surface area contributed by atoms with Crippen LogP contribution in [0.2, 0.25) is 0 Å². The Morgan fingerprint density at radius 1 is 1.60 bits per heavy atom. The maximum absolute atomic E-state index is 3.27. The van der Waals surface area contributed by atoms with Crippen molar-refractivity contribution in [1.82, 2.24) is 10.6 Å². The van der Waals surface area contributed by atoms with Gasteiger partial charge >= 0.3 is 0 Å². The molecule has 0 amide bonds. The number of rotatable bonds is 1. The zero-order chi connectivity index (χ0) is 7.82. The highest BCUT2D eigenvalue weighted by Crippen LogP contribution is 2.03. The van der Waals surface area contributed by atoms with Gasteiger partial charge in [0.2, 0.25) is 0 Å². The van der Waals surface area contributed by atoms with E-state index in [1.54, 1.807) is 0 Å². The Labute approximate surface area is 64.4 Å². The highest BCUT2D eigenvalue weighted by atomic mass is 14.9. The maximum Gasteiger partial charge on any atom is -0.00227 e. The van der Waals surface area contributed by atoms with E-state index in [1.807, 2.05) is 7.05 Å². The van der Waals surface area contributed by atoms with Gasteiger partial charge in [-0.05, 0) is 39.0 Å². The summed E-state index contributed by atoms with van der Waals surface area (Å²) < 4.78 is 0. The first-order valence-corrected chi connectivity index (χ1v) is 4.16. The smallest absolute Gasteiger partial charge is 0.00227 e. The summed E-state index contributed by atoms with van der Waals surface area (Å²) in [4.78, 5) is 0. The summed E-state index contributed by atoms with van der Waals surface area (Å²) >= 11 is 0. The first kappa shape index (κ1) is 9.92. The van der Waals surface area contributed by atoms with Gasteiger partial charge in [0.05, 0.1) is 0 Å². The molecule has 1 saturated heterocycles. The van der Waals surface area contributed by atoms with E-state index in [-0.39, 0.29) is 0 Å². The summed E-state index contributed by atoms with van der Waals surface area (Å²) in [6.45, 7) is 7.89. The van der Waals surface area contributed by atoms with Crippen molar-refractivity contribution in [2.24, 2.45) is 5.92 Å². The van der Waals surface area contributed by atoms with Crippen LogP contribution in [-0.2, 0) is 0 Å². The van der Waals surface area contributed by atoms with Gasteiger partial charge in [0.1, 0.15) is 0 Å². The summed E-state index contributed by atoms with van der Waals surface area (Å²) in [5.41, 5.74) is 0. The van der Waals surface area contributed by atoms with Crippen LogP contribution in [0.25, 0.3) is 0 Å². The monoisotopic (exact) mass is 144 g/mol. The zero-order valence-corrected chi connectivity index (χ0v) is 7.41. The van der Waals surface area contributed by atoms with Crippen LogP contribution in [0.1, 0.15) is 20.3 Å². The standard InChI is InChI=1S/C5H11N.C3H9N/c1-5-2-3-6-4-5;1-3-4-2/h5-6H,2-4H2,1H3;4H,3H2,1-2H3. The summed E-state index contributed by atoms with van der Waals surface area (Å²) in [7, 11) is 1.93. The van der Waals surface area contributed by atoms with E-state index in [0.29, 0.717) is 0 Å². The van der Waals surface area contributed by atoms with Crippen molar-refractivity contribution in [2.75, 3.05) is 26.7 Å². The van der Waals surface area contributed by atoms with E-state index in [4.69, 9.17) is 0 Å². The third-order valence-electron chi connectivity index (χ3n) is 1.66. The highest BCUT2D eigenvalue weighted by Gasteiger charge is 2.06. The minimum Gasteiger partial charge on any atom is -0.320 e. The molecule has 0 radical (unpaired) electrons. The van der Waals surface area contributed by atoms with Gasteiger partial charge in [0.15, 0.2) is 0 Å². The maximum atomic E-state index is 3.27. The highest BCUT2D eigenvalue weighted by molar-refractivity contribution is 4.65. The molecule has 0 aliphatic carbocycles. The molecule has 1 rings (SSSR count). The van der Waals surface area contributed by atoms with Gasteiger partial charge in [-0.2, -0.15) is 0 Å². The number of hydrogen-bond donors (Lipinski definition) is 2. The molecule has 0 aromatic carbocycles. The molecule has 0 spiro atoms. The molecule has 1 fully saturated rings. The van der Waals surface area contributed by atoms with Crippen molar-refractivity contribution in [1.29, 1.82) is 0 Å². The first-order valence-electron chi connectivity index (χ1n) is 4.16.